The smallest absolute Gasteiger partial charge is 0.309 e. The molecule has 1 heterocycles. The minimum absolute atomic E-state index is 0.128. The molecular formula is C15H21N3O2. The van der Waals surface area contributed by atoms with Gasteiger partial charge in [0.1, 0.15) is 0 Å². The predicted molar refractivity (Wildman–Crippen MR) is 75.6 cm³/mol. The third-order valence-corrected chi connectivity index (χ3v) is 3.84. The predicted octanol–water partition coefficient (Wildman–Crippen LogP) is 1.39. The molecule has 0 unspecified atom stereocenters. The second-order valence-corrected chi connectivity index (χ2v) is 5.38. The molecule has 5 heteroatoms. The van der Waals surface area contributed by atoms with Gasteiger partial charge in [0.05, 0.1) is 0 Å². The molecule has 5 nitrogen and oxygen atoms in total. The zero-order valence-corrected chi connectivity index (χ0v) is 11.8. The quantitative estimate of drug-likeness (QED) is 0.819. The van der Waals surface area contributed by atoms with Gasteiger partial charge in [0, 0.05) is 25.0 Å². The Morgan fingerprint density at radius 1 is 1.20 bits per heavy atom. The molecule has 1 aliphatic rings. The van der Waals surface area contributed by atoms with Gasteiger partial charge in [-0.3, -0.25) is 14.6 Å². The van der Waals surface area contributed by atoms with Gasteiger partial charge in [-0.25, -0.2) is 0 Å². The first-order valence-electron chi connectivity index (χ1n) is 7.14. The zero-order chi connectivity index (χ0) is 14.4. The molecule has 0 saturated heterocycles. The SMILES string of the molecule is C[C@@H]1CCCC[C@H]1NC(=O)C(=O)NCc1ccncc1. The molecule has 108 valence electrons. The maximum atomic E-state index is 11.8. The first kappa shape index (κ1) is 14.5. The Labute approximate surface area is 119 Å². The molecular weight excluding hydrogens is 254 g/mol. The number of rotatable bonds is 3. The summed E-state index contributed by atoms with van der Waals surface area (Å²) in [4.78, 5) is 27.5. The van der Waals surface area contributed by atoms with Gasteiger partial charge in [0.25, 0.3) is 0 Å². The summed E-state index contributed by atoms with van der Waals surface area (Å²) in [5, 5.41) is 5.47. The van der Waals surface area contributed by atoms with Gasteiger partial charge >= 0.3 is 11.8 Å². The summed E-state index contributed by atoms with van der Waals surface area (Å²) >= 11 is 0. The maximum absolute atomic E-state index is 11.8. The lowest BCUT2D eigenvalue weighted by atomic mass is 9.86. The Balaban J connectivity index is 1.78. The average Bonchev–Trinajstić information content (AvgIpc) is 2.48. The molecule has 2 rings (SSSR count). The van der Waals surface area contributed by atoms with Crippen LogP contribution in [0, 0.1) is 5.92 Å². The molecule has 1 saturated carbocycles. The first-order valence-corrected chi connectivity index (χ1v) is 7.14. The van der Waals surface area contributed by atoms with Gasteiger partial charge in [0.2, 0.25) is 0 Å². The average molecular weight is 275 g/mol. The number of amides is 2. The van der Waals surface area contributed by atoms with E-state index in [1.807, 2.05) is 0 Å². The van der Waals surface area contributed by atoms with Crippen molar-refractivity contribution in [3.63, 3.8) is 0 Å². The van der Waals surface area contributed by atoms with Crippen molar-refractivity contribution in [1.82, 2.24) is 15.6 Å². The van der Waals surface area contributed by atoms with Crippen LogP contribution in [0.2, 0.25) is 0 Å². The molecule has 0 aromatic carbocycles. The fourth-order valence-corrected chi connectivity index (χ4v) is 2.53. The van der Waals surface area contributed by atoms with Crippen LogP contribution in [0.15, 0.2) is 24.5 Å². The van der Waals surface area contributed by atoms with E-state index in [4.69, 9.17) is 0 Å². The highest BCUT2D eigenvalue weighted by Crippen LogP contribution is 2.23. The fourth-order valence-electron chi connectivity index (χ4n) is 2.53. The molecule has 0 aliphatic heterocycles. The zero-order valence-electron chi connectivity index (χ0n) is 11.8. The van der Waals surface area contributed by atoms with Crippen LogP contribution >= 0.6 is 0 Å². The number of hydrogen-bond acceptors (Lipinski definition) is 3. The monoisotopic (exact) mass is 275 g/mol. The molecule has 20 heavy (non-hydrogen) atoms. The van der Waals surface area contributed by atoms with E-state index in [-0.39, 0.29) is 6.04 Å². The van der Waals surface area contributed by atoms with Crippen LogP contribution < -0.4 is 10.6 Å². The first-order chi connectivity index (χ1) is 9.66. The van der Waals surface area contributed by atoms with Crippen LogP contribution in [0.5, 0.6) is 0 Å². The molecule has 0 spiro atoms. The minimum atomic E-state index is -0.570. The van der Waals surface area contributed by atoms with Gasteiger partial charge in [-0.15, -0.1) is 0 Å². The van der Waals surface area contributed by atoms with Crippen LogP contribution in [-0.2, 0) is 16.1 Å². The van der Waals surface area contributed by atoms with E-state index >= 15 is 0 Å². The Morgan fingerprint density at radius 3 is 2.60 bits per heavy atom. The molecule has 1 aromatic rings. The van der Waals surface area contributed by atoms with Crippen molar-refractivity contribution in [2.24, 2.45) is 5.92 Å². The number of carbonyl (C=O) groups excluding carboxylic acids is 2. The number of aromatic nitrogens is 1. The number of nitrogens with zero attached hydrogens (tertiary/aromatic N) is 1. The van der Waals surface area contributed by atoms with Crippen molar-refractivity contribution in [1.29, 1.82) is 0 Å². The van der Waals surface area contributed by atoms with Gasteiger partial charge in [-0.1, -0.05) is 19.8 Å². The number of pyridine rings is 1. The standard InChI is InChI=1S/C15H21N3O2/c1-11-4-2-3-5-13(11)18-15(20)14(19)17-10-12-6-8-16-9-7-12/h6-9,11,13H,2-5,10H2,1H3,(H,17,19)(H,18,20)/t11-,13-/m1/s1. The third-order valence-electron chi connectivity index (χ3n) is 3.84. The molecule has 2 atom stereocenters. The minimum Gasteiger partial charge on any atom is -0.345 e. The lowest BCUT2D eigenvalue weighted by molar-refractivity contribution is -0.140. The highest BCUT2D eigenvalue weighted by Gasteiger charge is 2.25. The highest BCUT2D eigenvalue weighted by atomic mass is 16.2. The van der Waals surface area contributed by atoms with E-state index in [0.29, 0.717) is 12.5 Å². The normalized spacial score (nSPS) is 22.1. The van der Waals surface area contributed by atoms with E-state index in [9.17, 15) is 9.59 Å². The molecule has 1 aromatic heterocycles. The summed E-state index contributed by atoms with van der Waals surface area (Å²) in [6.45, 7) is 2.47. The van der Waals surface area contributed by atoms with Crippen LogP contribution in [0.1, 0.15) is 38.2 Å². The number of carbonyl (C=O) groups is 2. The number of nitrogens with one attached hydrogen (secondary N) is 2. The molecule has 0 bridgehead atoms. The van der Waals surface area contributed by atoms with E-state index in [1.54, 1.807) is 24.5 Å². The summed E-state index contributed by atoms with van der Waals surface area (Å²) in [6.07, 6.45) is 7.72. The number of hydrogen-bond donors (Lipinski definition) is 2. The van der Waals surface area contributed by atoms with Gasteiger partial charge in [-0.2, -0.15) is 0 Å². The molecule has 2 amide bonds. The van der Waals surface area contributed by atoms with Crippen LogP contribution in [0.4, 0.5) is 0 Å². The van der Waals surface area contributed by atoms with E-state index in [0.717, 1.165) is 24.8 Å². The van der Waals surface area contributed by atoms with Crippen molar-refractivity contribution < 1.29 is 9.59 Å². The Morgan fingerprint density at radius 2 is 1.90 bits per heavy atom. The van der Waals surface area contributed by atoms with Crippen LogP contribution in [-0.4, -0.2) is 22.8 Å². The summed E-state index contributed by atoms with van der Waals surface area (Å²) in [7, 11) is 0. The summed E-state index contributed by atoms with van der Waals surface area (Å²) in [5.41, 5.74) is 0.923. The summed E-state index contributed by atoms with van der Waals surface area (Å²) in [6, 6.07) is 3.74. The second kappa shape index (κ2) is 7.03. The van der Waals surface area contributed by atoms with Crippen molar-refractivity contribution in [2.75, 3.05) is 0 Å². The Kier molecular flexibility index (Phi) is 5.09. The molecule has 0 radical (unpaired) electrons. The van der Waals surface area contributed by atoms with E-state index in [1.165, 1.54) is 6.42 Å². The second-order valence-electron chi connectivity index (χ2n) is 5.38. The van der Waals surface area contributed by atoms with Crippen molar-refractivity contribution in [3.05, 3.63) is 30.1 Å². The van der Waals surface area contributed by atoms with E-state index < -0.39 is 11.8 Å². The summed E-state index contributed by atoms with van der Waals surface area (Å²) in [5.74, 6) is -0.655. The lowest BCUT2D eigenvalue weighted by Gasteiger charge is -2.29. The van der Waals surface area contributed by atoms with Gasteiger partial charge in [0.15, 0.2) is 0 Å². The maximum Gasteiger partial charge on any atom is 0.309 e. The van der Waals surface area contributed by atoms with Crippen LogP contribution in [0.3, 0.4) is 0 Å². The van der Waals surface area contributed by atoms with Crippen LogP contribution in [0.25, 0.3) is 0 Å². The largest absolute Gasteiger partial charge is 0.345 e. The van der Waals surface area contributed by atoms with Crippen molar-refractivity contribution in [2.45, 2.75) is 45.2 Å². The van der Waals surface area contributed by atoms with Gasteiger partial charge < -0.3 is 10.6 Å². The highest BCUT2D eigenvalue weighted by molar-refractivity contribution is 6.35. The molecule has 1 fully saturated rings. The molecule has 2 N–H and O–H groups in total. The Hall–Kier alpha value is -1.91. The Bertz CT molecular complexity index is 461. The van der Waals surface area contributed by atoms with Gasteiger partial charge in [-0.05, 0) is 36.5 Å². The van der Waals surface area contributed by atoms with Crippen molar-refractivity contribution >= 4 is 11.8 Å². The topological polar surface area (TPSA) is 71.1 Å². The summed E-state index contributed by atoms with van der Waals surface area (Å²) < 4.78 is 0. The fraction of sp³-hybridized carbons (Fsp3) is 0.533. The third kappa shape index (κ3) is 4.05. The van der Waals surface area contributed by atoms with Crippen molar-refractivity contribution in [3.8, 4) is 0 Å². The molecule has 1 aliphatic carbocycles. The van der Waals surface area contributed by atoms with E-state index in [2.05, 4.69) is 22.5 Å². The lowest BCUT2D eigenvalue weighted by Crippen LogP contribution is -2.47.